The van der Waals surface area contributed by atoms with Gasteiger partial charge in [-0.3, -0.25) is 9.59 Å². The lowest BCUT2D eigenvalue weighted by Crippen LogP contribution is -2.32. The van der Waals surface area contributed by atoms with Gasteiger partial charge in [-0.1, -0.05) is 18.2 Å². The van der Waals surface area contributed by atoms with Gasteiger partial charge >= 0.3 is 0 Å². The van der Waals surface area contributed by atoms with E-state index in [1.807, 2.05) is 24.3 Å². The molecule has 0 bridgehead atoms. The molecule has 134 valence electrons. The number of hydrogen-bond donors (Lipinski definition) is 3. The first-order chi connectivity index (χ1) is 12.6. The molecule has 2 amide bonds. The summed E-state index contributed by atoms with van der Waals surface area (Å²) < 4.78 is 0. The molecule has 2 heterocycles. The van der Waals surface area contributed by atoms with E-state index in [1.54, 1.807) is 6.07 Å². The second-order valence-corrected chi connectivity index (χ2v) is 6.26. The van der Waals surface area contributed by atoms with Crippen molar-refractivity contribution in [1.82, 2.24) is 15.6 Å². The Kier molecular flexibility index (Phi) is 5.32. The third kappa shape index (κ3) is 4.48. The molecule has 1 aromatic carbocycles. The fraction of sp³-hybridized carbons (Fsp3) is 0.368. The summed E-state index contributed by atoms with van der Waals surface area (Å²) in [4.78, 5) is 27.1. The van der Waals surface area contributed by atoms with E-state index in [1.165, 1.54) is 0 Å². The van der Waals surface area contributed by atoms with Gasteiger partial charge in [0, 0.05) is 49.7 Å². The quantitative estimate of drug-likeness (QED) is 0.604. The van der Waals surface area contributed by atoms with Gasteiger partial charge in [-0.25, -0.2) is 0 Å². The number of carbonyl (C=O) groups is 2. The highest BCUT2D eigenvalue weighted by atomic mass is 16.2. The van der Waals surface area contributed by atoms with Crippen LogP contribution in [-0.4, -0.2) is 35.6 Å². The average Bonchev–Trinajstić information content (AvgIpc) is 3.27. The highest BCUT2D eigenvalue weighted by Crippen LogP contribution is 2.35. The Morgan fingerprint density at radius 1 is 1.15 bits per heavy atom. The predicted octanol–water partition coefficient (Wildman–Crippen LogP) is 2.37. The van der Waals surface area contributed by atoms with Crippen LogP contribution in [0.25, 0.3) is 10.9 Å². The zero-order chi connectivity index (χ0) is 18.4. The highest BCUT2D eigenvalue weighted by molar-refractivity contribution is 5.98. The van der Waals surface area contributed by atoms with Crippen LogP contribution in [0, 0.1) is 12.3 Å². The number of aromatic nitrogens is 1. The number of H-pyrrole nitrogens is 1. The van der Waals surface area contributed by atoms with Crippen molar-refractivity contribution in [2.24, 2.45) is 10.2 Å². The van der Waals surface area contributed by atoms with E-state index in [9.17, 15) is 9.59 Å². The van der Waals surface area contributed by atoms with Gasteiger partial charge in [-0.05, 0) is 12.1 Å². The maximum absolute atomic E-state index is 12.1. The molecule has 7 heteroatoms. The Morgan fingerprint density at radius 3 is 2.69 bits per heavy atom. The Balaban J connectivity index is 1.34. The minimum Gasteiger partial charge on any atom is -0.356 e. The lowest BCUT2D eigenvalue weighted by molar-refractivity contribution is -0.120. The van der Waals surface area contributed by atoms with Gasteiger partial charge in [-0.2, -0.15) is 10.2 Å². The lowest BCUT2D eigenvalue weighted by atomic mass is 10.0. The molecule has 0 saturated carbocycles. The van der Waals surface area contributed by atoms with Crippen molar-refractivity contribution in [3.63, 3.8) is 0 Å². The van der Waals surface area contributed by atoms with Crippen LogP contribution in [-0.2, 0) is 4.79 Å². The largest absolute Gasteiger partial charge is 0.356 e. The first kappa shape index (κ1) is 17.7. The summed E-state index contributed by atoms with van der Waals surface area (Å²) in [7, 11) is 0. The summed E-state index contributed by atoms with van der Waals surface area (Å²) in [6.45, 7) is 0.767. The number of terminal acetylenes is 1. The summed E-state index contributed by atoms with van der Waals surface area (Å²) >= 11 is 0. The Bertz CT molecular complexity index is 838. The lowest BCUT2D eigenvalue weighted by Gasteiger charge is -2.10. The second-order valence-electron chi connectivity index (χ2n) is 6.26. The molecule has 0 fully saturated rings. The standard InChI is InChI=1S/C19H21N5O2/c1-2-3-9-19(23-24-19)10-12-20-17(25)8-11-21-18(26)16-13-14-6-4-5-7-15(14)22-16/h1,4-7,13,22H,3,8-12H2,(H,20,25)(H,21,26). The van der Waals surface area contributed by atoms with E-state index in [-0.39, 0.29) is 30.4 Å². The van der Waals surface area contributed by atoms with Crippen molar-refractivity contribution >= 4 is 22.7 Å². The van der Waals surface area contributed by atoms with Gasteiger partial charge in [0.2, 0.25) is 5.91 Å². The molecule has 1 aliphatic heterocycles. The van der Waals surface area contributed by atoms with Crippen molar-refractivity contribution in [3.05, 3.63) is 36.0 Å². The number of aromatic amines is 1. The van der Waals surface area contributed by atoms with E-state index in [4.69, 9.17) is 6.42 Å². The summed E-state index contributed by atoms with van der Waals surface area (Å²) in [5, 5.41) is 14.6. The number of hydrogen-bond acceptors (Lipinski definition) is 4. The molecule has 2 aromatic rings. The molecule has 26 heavy (non-hydrogen) atoms. The van der Waals surface area contributed by atoms with Crippen LogP contribution in [0.3, 0.4) is 0 Å². The molecule has 1 aromatic heterocycles. The van der Waals surface area contributed by atoms with Crippen LogP contribution in [0.4, 0.5) is 0 Å². The number of rotatable bonds is 9. The zero-order valence-corrected chi connectivity index (χ0v) is 14.4. The number of carbonyl (C=O) groups excluding carboxylic acids is 2. The maximum Gasteiger partial charge on any atom is 0.267 e. The third-order valence-electron chi connectivity index (χ3n) is 4.31. The molecule has 0 unspecified atom stereocenters. The van der Waals surface area contributed by atoms with Crippen LogP contribution in [0.2, 0.25) is 0 Å². The van der Waals surface area contributed by atoms with Crippen molar-refractivity contribution in [2.45, 2.75) is 31.3 Å². The monoisotopic (exact) mass is 351 g/mol. The van der Waals surface area contributed by atoms with Crippen LogP contribution in [0.15, 0.2) is 40.6 Å². The molecule has 0 aliphatic carbocycles. The van der Waals surface area contributed by atoms with Gasteiger partial charge in [-0.15, -0.1) is 12.3 Å². The molecule has 1 aliphatic rings. The van der Waals surface area contributed by atoms with Gasteiger partial charge in [0.05, 0.1) is 0 Å². The topological polar surface area (TPSA) is 98.7 Å². The van der Waals surface area contributed by atoms with Crippen molar-refractivity contribution in [3.8, 4) is 12.3 Å². The molecule has 3 rings (SSSR count). The summed E-state index contributed by atoms with van der Waals surface area (Å²) in [6, 6.07) is 9.47. The molecule has 0 atom stereocenters. The van der Waals surface area contributed by atoms with Gasteiger partial charge in [0.1, 0.15) is 5.69 Å². The summed E-state index contributed by atoms with van der Waals surface area (Å²) in [5.41, 5.74) is 1.01. The van der Waals surface area contributed by atoms with Gasteiger partial charge in [0.25, 0.3) is 5.91 Å². The van der Waals surface area contributed by atoms with E-state index in [0.717, 1.165) is 17.3 Å². The molecule has 0 spiro atoms. The number of amides is 2. The van der Waals surface area contributed by atoms with E-state index in [0.29, 0.717) is 25.1 Å². The fourth-order valence-electron chi connectivity index (χ4n) is 2.74. The van der Waals surface area contributed by atoms with E-state index < -0.39 is 0 Å². The Morgan fingerprint density at radius 2 is 1.96 bits per heavy atom. The highest BCUT2D eigenvalue weighted by Gasteiger charge is 2.38. The number of para-hydroxylation sites is 1. The van der Waals surface area contributed by atoms with E-state index >= 15 is 0 Å². The van der Waals surface area contributed by atoms with Crippen LogP contribution >= 0.6 is 0 Å². The smallest absolute Gasteiger partial charge is 0.267 e. The number of nitrogens with zero attached hydrogens (tertiary/aromatic N) is 2. The molecule has 0 saturated heterocycles. The summed E-state index contributed by atoms with van der Waals surface area (Å²) in [6.07, 6.45) is 7.47. The molecule has 0 radical (unpaired) electrons. The number of fused-ring (bicyclic) bond motifs is 1. The first-order valence-electron chi connectivity index (χ1n) is 8.62. The maximum atomic E-state index is 12.1. The Labute approximate surface area is 151 Å². The minimum atomic E-state index is -0.385. The predicted molar refractivity (Wildman–Crippen MR) is 98.5 cm³/mol. The third-order valence-corrected chi connectivity index (χ3v) is 4.31. The van der Waals surface area contributed by atoms with Crippen LogP contribution in [0.1, 0.15) is 36.2 Å². The number of nitrogens with one attached hydrogen (secondary N) is 3. The average molecular weight is 351 g/mol. The minimum absolute atomic E-state index is 0.116. The van der Waals surface area contributed by atoms with Crippen LogP contribution in [0.5, 0.6) is 0 Å². The zero-order valence-electron chi connectivity index (χ0n) is 14.4. The molecular formula is C19H21N5O2. The second kappa shape index (κ2) is 7.83. The summed E-state index contributed by atoms with van der Waals surface area (Å²) in [5.74, 6) is 2.23. The molecule has 3 N–H and O–H groups in total. The van der Waals surface area contributed by atoms with Gasteiger partial charge < -0.3 is 15.6 Å². The molecular weight excluding hydrogens is 330 g/mol. The fourth-order valence-corrected chi connectivity index (χ4v) is 2.74. The Hall–Kier alpha value is -3.14. The van der Waals surface area contributed by atoms with Crippen molar-refractivity contribution < 1.29 is 9.59 Å². The van der Waals surface area contributed by atoms with Crippen LogP contribution < -0.4 is 10.6 Å². The normalized spacial score (nSPS) is 14.0. The SMILES string of the molecule is C#CCCC1(CCNC(=O)CCNC(=O)c2cc3ccccc3[nH]2)N=N1. The molecule has 7 nitrogen and oxygen atoms in total. The first-order valence-corrected chi connectivity index (χ1v) is 8.62. The van der Waals surface area contributed by atoms with E-state index in [2.05, 4.69) is 31.8 Å². The van der Waals surface area contributed by atoms with Crippen molar-refractivity contribution in [1.29, 1.82) is 0 Å². The van der Waals surface area contributed by atoms with Gasteiger partial charge in [0.15, 0.2) is 5.66 Å². The van der Waals surface area contributed by atoms with Crippen molar-refractivity contribution in [2.75, 3.05) is 13.1 Å². The number of benzene rings is 1.